The van der Waals surface area contributed by atoms with Gasteiger partial charge in [-0.3, -0.25) is 0 Å². The molecule has 0 aliphatic rings. The van der Waals surface area contributed by atoms with Crippen molar-refractivity contribution in [3.63, 3.8) is 0 Å². The molecule has 0 spiro atoms. The van der Waals surface area contributed by atoms with E-state index in [0.29, 0.717) is 22.6 Å². The van der Waals surface area contributed by atoms with Crippen molar-refractivity contribution in [3.05, 3.63) is 106 Å². The predicted molar refractivity (Wildman–Crippen MR) is 111 cm³/mol. The highest BCUT2D eigenvalue weighted by atomic mass is 16.5. The average molecular weight is 381 g/mol. The molecule has 0 saturated heterocycles. The van der Waals surface area contributed by atoms with Crippen LogP contribution < -0.4 is 16.1 Å². The minimum Gasteiger partial charge on any atom is -0.423 e. The molecule has 5 heteroatoms. The van der Waals surface area contributed by atoms with E-state index in [2.05, 4.69) is 11.8 Å². The smallest absolute Gasteiger partial charge is 0.343 e. The van der Waals surface area contributed by atoms with Gasteiger partial charge < -0.3 is 14.9 Å². The Labute approximate surface area is 166 Å². The highest BCUT2D eigenvalue weighted by molar-refractivity contribution is 5.91. The van der Waals surface area contributed by atoms with Crippen LogP contribution in [0.2, 0.25) is 0 Å². The van der Waals surface area contributed by atoms with E-state index < -0.39 is 11.6 Å². The lowest BCUT2D eigenvalue weighted by Gasteiger charge is -2.05. The minimum absolute atomic E-state index is 0.295. The fourth-order valence-electron chi connectivity index (χ4n) is 2.67. The molecule has 1 aromatic heterocycles. The Morgan fingerprint density at radius 2 is 1.45 bits per heavy atom. The zero-order chi connectivity index (χ0) is 20.2. The van der Waals surface area contributed by atoms with Crippen LogP contribution in [0.25, 0.3) is 11.0 Å². The van der Waals surface area contributed by atoms with Gasteiger partial charge in [-0.15, -0.1) is 0 Å². The molecule has 4 rings (SSSR count). The normalized spacial score (nSPS) is 10.2. The molecule has 0 bridgehead atoms. The highest BCUT2D eigenvalue weighted by Crippen LogP contribution is 2.20. The van der Waals surface area contributed by atoms with E-state index in [1.54, 1.807) is 54.6 Å². The van der Waals surface area contributed by atoms with Crippen LogP contribution in [0.3, 0.4) is 0 Å². The standard InChI is InChI=1S/C24H15NO4/c25-20-11-5-17(6-12-20)2-1-16-3-7-19(8-4-16)24(27)28-21-13-9-18-10-14-23(26)29-22(18)15-21/h3-15H,25H2. The van der Waals surface area contributed by atoms with Gasteiger partial charge >= 0.3 is 11.6 Å². The third-order valence-corrected chi connectivity index (χ3v) is 4.19. The van der Waals surface area contributed by atoms with Crippen LogP contribution in [0.1, 0.15) is 21.5 Å². The molecule has 0 fully saturated rings. The number of benzene rings is 3. The Morgan fingerprint density at radius 1 is 0.828 bits per heavy atom. The second kappa shape index (κ2) is 7.75. The maximum Gasteiger partial charge on any atom is 0.343 e. The van der Waals surface area contributed by atoms with Crippen LogP contribution in [0.15, 0.2) is 88.1 Å². The maximum absolute atomic E-state index is 12.4. The van der Waals surface area contributed by atoms with Gasteiger partial charge in [0.2, 0.25) is 0 Å². The number of fused-ring (bicyclic) bond motifs is 1. The fraction of sp³-hybridized carbons (Fsp3) is 0. The molecule has 0 amide bonds. The topological polar surface area (TPSA) is 82.5 Å². The van der Waals surface area contributed by atoms with Crippen molar-refractivity contribution >= 4 is 22.6 Å². The van der Waals surface area contributed by atoms with Crippen molar-refractivity contribution in [2.45, 2.75) is 0 Å². The van der Waals surface area contributed by atoms with Crippen molar-refractivity contribution in [1.82, 2.24) is 0 Å². The van der Waals surface area contributed by atoms with Gasteiger partial charge in [0, 0.05) is 34.3 Å². The van der Waals surface area contributed by atoms with E-state index in [-0.39, 0.29) is 0 Å². The first-order valence-corrected chi connectivity index (χ1v) is 8.80. The van der Waals surface area contributed by atoms with E-state index in [4.69, 9.17) is 14.9 Å². The number of nitrogens with two attached hydrogens (primary N) is 1. The number of anilines is 1. The molecule has 5 nitrogen and oxygen atoms in total. The number of esters is 1. The van der Waals surface area contributed by atoms with Gasteiger partial charge in [0.1, 0.15) is 11.3 Å². The molecule has 2 N–H and O–H groups in total. The first kappa shape index (κ1) is 18.1. The SMILES string of the molecule is Nc1ccc(C#Cc2ccc(C(=O)Oc3ccc4ccc(=O)oc4c3)cc2)cc1. The molecule has 3 aromatic carbocycles. The van der Waals surface area contributed by atoms with Crippen LogP contribution in [-0.4, -0.2) is 5.97 Å². The molecular formula is C24H15NO4. The Kier molecular flexibility index (Phi) is 4.83. The van der Waals surface area contributed by atoms with Gasteiger partial charge in [-0.05, 0) is 66.7 Å². The van der Waals surface area contributed by atoms with Crippen molar-refractivity contribution in [1.29, 1.82) is 0 Å². The van der Waals surface area contributed by atoms with Crippen molar-refractivity contribution < 1.29 is 13.9 Å². The molecule has 4 aromatic rings. The average Bonchev–Trinajstić information content (AvgIpc) is 2.73. The number of nitrogen functional groups attached to an aromatic ring is 1. The predicted octanol–water partition coefficient (Wildman–Crippen LogP) is 3.99. The largest absolute Gasteiger partial charge is 0.423 e. The Morgan fingerprint density at radius 3 is 2.14 bits per heavy atom. The van der Waals surface area contributed by atoms with Gasteiger partial charge in [0.25, 0.3) is 0 Å². The molecule has 0 aliphatic carbocycles. The number of rotatable bonds is 2. The zero-order valence-corrected chi connectivity index (χ0v) is 15.2. The first-order valence-electron chi connectivity index (χ1n) is 8.80. The molecular weight excluding hydrogens is 366 g/mol. The van der Waals surface area contributed by atoms with Crippen LogP contribution >= 0.6 is 0 Å². The summed E-state index contributed by atoms with van der Waals surface area (Å²) in [5, 5.41) is 0.744. The monoisotopic (exact) mass is 381 g/mol. The van der Waals surface area contributed by atoms with Crippen LogP contribution in [0, 0.1) is 11.8 Å². The Bertz CT molecular complexity index is 1310. The van der Waals surface area contributed by atoms with Gasteiger partial charge in [0.05, 0.1) is 5.56 Å². The highest BCUT2D eigenvalue weighted by Gasteiger charge is 2.09. The van der Waals surface area contributed by atoms with E-state index in [1.165, 1.54) is 12.1 Å². The first-order chi connectivity index (χ1) is 14.1. The minimum atomic E-state index is -0.513. The summed E-state index contributed by atoms with van der Waals surface area (Å²) in [5.74, 6) is 5.86. The summed E-state index contributed by atoms with van der Waals surface area (Å²) < 4.78 is 10.5. The summed E-state index contributed by atoms with van der Waals surface area (Å²) in [5.41, 5.74) is 8.25. The van der Waals surface area contributed by atoms with Gasteiger partial charge in [0.15, 0.2) is 0 Å². The molecule has 0 radical (unpaired) electrons. The van der Waals surface area contributed by atoms with E-state index in [0.717, 1.165) is 16.5 Å². The maximum atomic E-state index is 12.4. The molecule has 29 heavy (non-hydrogen) atoms. The Balaban J connectivity index is 1.48. The zero-order valence-electron chi connectivity index (χ0n) is 15.2. The summed E-state index contributed by atoms with van der Waals surface area (Å²) in [4.78, 5) is 23.7. The molecule has 0 aliphatic heterocycles. The lowest BCUT2D eigenvalue weighted by molar-refractivity contribution is 0.0735. The summed E-state index contributed by atoms with van der Waals surface area (Å²) >= 11 is 0. The number of hydrogen-bond donors (Lipinski definition) is 1. The summed E-state index contributed by atoms with van der Waals surface area (Å²) in [6, 6.07) is 21.9. The molecule has 0 unspecified atom stereocenters. The lowest BCUT2D eigenvalue weighted by atomic mass is 10.1. The van der Waals surface area contributed by atoms with Gasteiger partial charge in [-0.1, -0.05) is 11.8 Å². The quantitative estimate of drug-likeness (QED) is 0.187. The number of hydrogen-bond acceptors (Lipinski definition) is 5. The number of ether oxygens (including phenoxy) is 1. The molecule has 0 saturated carbocycles. The third-order valence-electron chi connectivity index (χ3n) is 4.19. The molecule has 140 valence electrons. The van der Waals surface area contributed by atoms with Crippen molar-refractivity contribution in [3.8, 4) is 17.6 Å². The third kappa shape index (κ3) is 4.34. The second-order valence-corrected chi connectivity index (χ2v) is 6.29. The van der Waals surface area contributed by atoms with E-state index >= 15 is 0 Å². The number of carbonyl (C=O) groups is 1. The molecule has 0 atom stereocenters. The molecule has 1 heterocycles. The van der Waals surface area contributed by atoms with E-state index in [1.807, 2.05) is 12.1 Å². The lowest BCUT2D eigenvalue weighted by Crippen LogP contribution is -2.08. The van der Waals surface area contributed by atoms with Crippen molar-refractivity contribution in [2.24, 2.45) is 0 Å². The number of carbonyl (C=O) groups excluding carboxylic acids is 1. The summed E-state index contributed by atoms with van der Waals surface area (Å²) in [6.45, 7) is 0. The van der Waals surface area contributed by atoms with Gasteiger partial charge in [-0.25, -0.2) is 9.59 Å². The van der Waals surface area contributed by atoms with Crippen LogP contribution in [0.5, 0.6) is 5.75 Å². The summed E-state index contributed by atoms with van der Waals surface area (Å²) in [7, 11) is 0. The van der Waals surface area contributed by atoms with Gasteiger partial charge in [-0.2, -0.15) is 0 Å². The fourth-order valence-corrected chi connectivity index (χ4v) is 2.67. The van der Waals surface area contributed by atoms with Crippen LogP contribution in [-0.2, 0) is 0 Å². The Hall–Kier alpha value is -4.30. The van der Waals surface area contributed by atoms with E-state index in [9.17, 15) is 9.59 Å². The second-order valence-electron chi connectivity index (χ2n) is 6.29. The summed E-state index contributed by atoms with van der Waals surface area (Å²) in [6.07, 6.45) is 0. The van der Waals surface area contributed by atoms with Crippen molar-refractivity contribution in [2.75, 3.05) is 5.73 Å². The van der Waals surface area contributed by atoms with Crippen LogP contribution in [0.4, 0.5) is 5.69 Å².